The minimum absolute atomic E-state index is 2.07. The summed E-state index contributed by atoms with van der Waals surface area (Å²) in [5.74, 6) is 0. The van der Waals surface area contributed by atoms with Crippen LogP contribution in [0.3, 0.4) is 0 Å². The van der Waals surface area contributed by atoms with Crippen LogP contribution in [-0.4, -0.2) is 34.0 Å². The molecule has 1 saturated heterocycles. The first-order valence-corrected chi connectivity index (χ1v) is 4.92. The monoisotopic (exact) mass is 274 g/mol. The molecule has 0 radical (unpaired) electrons. The first-order valence-electron chi connectivity index (χ1n) is 3.59. The number of halogens is 6. The van der Waals surface area contributed by atoms with Gasteiger partial charge in [-0.15, -0.1) is 0 Å². The van der Waals surface area contributed by atoms with Gasteiger partial charge in [-0.25, -0.2) is 8.37 Å². The highest BCUT2D eigenvalue weighted by atomic mass is 32.3. The Labute approximate surface area is 85.5 Å². The maximum atomic E-state index is 12.3. The van der Waals surface area contributed by atoms with E-state index < -0.39 is 41.4 Å². The maximum absolute atomic E-state index is 12.3. The van der Waals surface area contributed by atoms with Crippen LogP contribution in [0.1, 0.15) is 0 Å². The van der Waals surface area contributed by atoms with Crippen molar-refractivity contribution < 1.29 is 43.1 Å². The lowest BCUT2D eigenvalue weighted by atomic mass is 9.88. The first kappa shape index (κ1) is 13.5. The Morgan fingerprint density at radius 2 is 1.19 bits per heavy atom. The van der Waals surface area contributed by atoms with E-state index >= 15 is 0 Å². The van der Waals surface area contributed by atoms with Gasteiger partial charge in [-0.05, 0) is 0 Å². The Kier molecular flexibility index (Phi) is 2.93. The van der Waals surface area contributed by atoms with E-state index in [-0.39, 0.29) is 0 Å². The van der Waals surface area contributed by atoms with Crippen molar-refractivity contribution in [1.82, 2.24) is 0 Å². The van der Waals surface area contributed by atoms with Crippen molar-refractivity contribution in [2.75, 3.05) is 13.2 Å². The summed E-state index contributed by atoms with van der Waals surface area (Å²) in [6.07, 6.45) is -11.4. The van der Waals surface area contributed by atoms with E-state index in [4.69, 9.17) is 0 Å². The van der Waals surface area contributed by atoms with E-state index in [0.717, 1.165) is 0 Å². The molecule has 0 aromatic rings. The molecular weight excluding hydrogens is 270 g/mol. The van der Waals surface area contributed by atoms with Crippen LogP contribution in [0.2, 0.25) is 0 Å². The summed E-state index contributed by atoms with van der Waals surface area (Å²) in [6.45, 7) is -4.13. The van der Waals surface area contributed by atoms with Crippen LogP contribution in [0.25, 0.3) is 0 Å². The molecular formula is C5H4F6O4S. The number of hydrogen-bond donors (Lipinski definition) is 0. The summed E-state index contributed by atoms with van der Waals surface area (Å²) >= 11 is 0. The van der Waals surface area contributed by atoms with Crippen LogP contribution < -0.4 is 0 Å². The van der Waals surface area contributed by atoms with Gasteiger partial charge in [0.15, 0.2) is 0 Å². The zero-order chi connectivity index (χ0) is 12.8. The molecule has 0 aliphatic carbocycles. The summed E-state index contributed by atoms with van der Waals surface area (Å²) in [7, 11) is -4.77. The molecule has 11 heteroatoms. The van der Waals surface area contributed by atoms with Gasteiger partial charge in [0.2, 0.25) is 5.41 Å². The molecule has 0 amide bonds. The smallest absolute Gasteiger partial charge is 0.247 e. The maximum Gasteiger partial charge on any atom is 0.407 e. The van der Waals surface area contributed by atoms with Crippen LogP contribution in [-0.2, 0) is 18.8 Å². The molecule has 0 saturated carbocycles. The van der Waals surface area contributed by atoms with E-state index in [1.165, 1.54) is 0 Å². The molecule has 0 spiro atoms. The average molecular weight is 274 g/mol. The van der Waals surface area contributed by atoms with Gasteiger partial charge in [-0.3, -0.25) is 0 Å². The molecule has 1 fully saturated rings. The molecule has 1 rings (SSSR count). The molecule has 16 heavy (non-hydrogen) atoms. The van der Waals surface area contributed by atoms with Crippen molar-refractivity contribution in [2.45, 2.75) is 12.4 Å². The zero-order valence-corrected chi connectivity index (χ0v) is 8.04. The topological polar surface area (TPSA) is 52.6 Å². The molecule has 1 heterocycles. The second-order valence-corrected chi connectivity index (χ2v) is 4.30. The quantitative estimate of drug-likeness (QED) is 0.626. The first-order chi connectivity index (χ1) is 6.91. The Bertz CT molecular complexity index is 337. The lowest BCUT2D eigenvalue weighted by Crippen LogP contribution is -2.59. The van der Waals surface area contributed by atoms with Crippen LogP contribution in [0, 0.1) is 5.41 Å². The average Bonchev–Trinajstić information content (AvgIpc) is 1.98. The van der Waals surface area contributed by atoms with Gasteiger partial charge in [0.05, 0.1) is 13.2 Å². The number of hydrogen-bond acceptors (Lipinski definition) is 4. The van der Waals surface area contributed by atoms with Crippen molar-refractivity contribution >= 4 is 10.4 Å². The zero-order valence-electron chi connectivity index (χ0n) is 7.22. The van der Waals surface area contributed by atoms with Crippen LogP contribution in [0.5, 0.6) is 0 Å². The highest BCUT2D eigenvalue weighted by Crippen LogP contribution is 2.52. The minimum atomic E-state index is -5.72. The Hall–Kier alpha value is -0.550. The second kappa shape index (κ2) is 3.47. The lowest BCUT2D eigenvalue weighted by Gasteiger charge is -2.38. The molecule has 0 aromatic heterocycles. The molecule has 0 atom stereocenters. The predicted octanol–water partition coefficient (Wildman–Crippen LogP) is 1.39. The third-order valence-corrected chi connectivity index (χ3v) is 2.80. The number of alkyl halides is 6. The lowest BCUT2D eigenvalue weighted by molar-refractivity contribution is -0.359. The summed E-state index contributed by atoms with van der Waals surface area (Å²) in [6, 6.07) is 0. The summed E-state index contributed by atoms with van der Waals surface area (Å²) in [4.78, 5) is 0. The second-order valence-electron chi connectivity index (χ2n) is 3.01. The normalized spacial score (nSPS) is 25.4. The van der Waals surface area contributed by atoms with Crippen LogP contribution >= 0.6 is 0 Å². The summed E-state index contributed by atoms with van der Waals surface area (Å²) < 4.78 is 101. The third kappa shape index (κ3) is 2.11. The number of rotatable bonds is 0. The Morgan fingerprint density at radius 1 is 0.875 bits per heavy atom. The molecule has 0 bridgehead atoms. The molecule has 0 N–H and O–H groups in total. The highest BCUT2D eigenvalue weighted by Gasteiger charge is 2.73. The fourth-order valence-electron chi connectivity index (χ4n) is 0.909. The van der Waals surface area contributed by atoms with Crippen LogP contribution in [0.15, 0.2) is 0 Å². The molecule has 4 nitrogen and oxygen atoms in total. The SMILES string of the molecule is O=S1(=O)OCC(C(F)(F)F)(C(F)(F)F)CO1. The Morgan fingerprint density at radius 3 is 1.44 bits per heavy atom. The Balaban J connectivity index is 3.12. The predicted molar refractivity (Wildman–Crippen MR) is 35.4 cm³/mol. The van der Waals surface area contributed by atoms with Gasteiger partial charge in [0.25, 0.3) is 0 Å². The fourth-order valence-corrected chi connectivity index (χ4v) is 1.67. The van der Waals surface area contributed by atoms with Gasteiger partial charge in [0.1, 0.15) is 0 Å². The van der Waals surface area contributed by atoms with Gasteiger partial charge >= 0.3 is 22.8 Å². The van der Waals surface area contributed by atoms with E-state index in [1.54, 1.807) is 0 Å². The van der Waals surface area contributed by atoms with Crippen molar-refractivity contribution in [3.05, 3.63) is 0 Å². The highest BCUT2D eigenvalue weighted by molar-refractivity contribution is 7.81. The molecule has 1 aliphatic heterocycles. The van der Waals surface area contributed by atoms with Crippen molar-refractivity contribution in [2.24, 2.45) is 5.41 Å². The van der Waals surface area contributed by atoms with Crippen molar-refractivity contribution in [3.63, 3.8) is 0 Å². The standard InChI is InChI=1S/C5H4F6O4S/c6-4(7,8)3(5(9,10)11)1-14-16(12,13)15-2-3/h1-2H2. The molecule has 0 unspecified atom stereocenters. The largest absolute Gasteiger partial charge is 0.407 e. The van der Waals surface area contributed by atoms with E-state index in [2.05, 4.69) is 8.37 Å². The summed E-state index contributed by atoms with van der Waals surface area (Å²) in [5, 5.41) is 0. The van der Waals surface area contributed by atoms with Gasteiger partial charge in [-0.1, -0.05) is 0 Å². The van der Waals surface area contributed by atoms with Gasteiger partial charge in [-0.2, -0.15) is 34.8 Å². The van der Waals surface area contributed by atoms with E-state index in [1.807, 2.05) is 0 Å². The minimum Gasteiger partial charge on any atom is -0.247 e. The fraction of sp³-hybridized carbons (Fsp3) is 1.00. The van der Waals surface area contributed by atoms with E-state index in [9.17, 15) is 34.8 Å². The molecule has 96 valence electrons. The van der Waals surface area contributed by atoms with Crippen molar-refractivity contribution in [3.8, 4) is 0 Å². The van der Waals surface area contributed by atoms with Gasteiger partial charge < -0.3 is 0 Å². The molecule has 0 aromatic carbocycles. The van der Waals surface area contributed by atoms with Crippen molar-refractivity contribution in [1.29, 1.82) is 0 Å². The van der Waals surface area contributed by atoms with Crippen LogP contribution in [0.4, 0.5) is 26.3 Å². The summed E-state index contributed by atoms with van der Waals surface area (Å²) in [5.41, 5.74) is -4.31. The van der Waals surface area contributed by atoms with Gasteiger partial charge in [0, 0.05) is 0 Å². The van der Waals surface area contributed by atoms with E-state index in [0.29, 0.717) is 0 Å². The third-order valence-electron chi connectivity index (χ3n) is 1.98. The molecule has 1 aliphatic rings.